The molecule has 1 nitrogen and oxygen atoms in total. The first kappa shape index (κ1) is 13.5. The highest BCUT2D eigenvalue weighted by atomic mass is 127. The summed E-state index contributed by atoms with van der Waals surface area (Å²) in [6.45, 7) is 3.86. The SMILES string of the molecule is Cc1ccc(F)c(C(O)c2cccc(C)c2I)c1. The van der Waals surface area contributed by atoms with E-state index < -0.39 is 6.10 Å². The predicted molar refractivity (Wildman–Crippen MR) is 79.1 cm³/mol. The van der Waals surface area contributed by atoms with Crippen molar-refractivity contribution < 1.29 is 9.50 Å². The molecule has 0 amide bonds. The second kappa shape index (κ2) is 5.36. The third-order valence-electron chi connectivity index (χ3n) is 2.96. The highest BCUT2D eigenvalue weighted by molar-refractivity contribution is 14.1. The number of halogens is 2. The molecule has 1 unspecified atom stereocenters. The number of aryl methyl sites for hydroxylation is 2. The quantitative estimate of drug-likeness (QED) is 0.803. The average Bonchev–Trinajstić information content (AvgIpc) is 2.35. The minimum Gasteiger partial charge on any atom is -0.384 e. The van der Waals surface area contributed by atoms with Crippen molar-refractivity contribution in [2.45, 2.75) is 20.0 Å². The Kier molecular flexibility index (Phi) is 4.02. The van der Waals surface area contributed by atoms with Crippen LogP contribution in [0.2, 0.25) is 0 Å². The van der Waals surface area contributed by atoms with E-state index in [9.17, 15) is 9.50 Å². The van der Waals surface area contributed by atoms with Crippen molar-refractivity contribution in [2.75, 3.05) is 0 Å². The topological polar surface area (TPSA) is 20.2 Å². The maximum atomic E-state index is 13.8. The summed E-state index contributed by atoms with van der Waals surface area (Å²) in [5, 5.41) is 10.4. The van der Waals surface area contributed by atoms with Gasteiger partial charge in [0.1, 0.15) is 11.9 Å². The van der Waals surface area contributed by atoms with Crippen molar-refractivity contribution in [3.8, 4) is 0 Å². The number of hydrogen-bond acceptors (Lipinski definition) is 1. The number of hydrogen-bond donors (Lipinski definition) is 1. The third kappa shape index (κ3) is 2.57. The van der Waals surface area contributed by atoms with Gasteiger partial charge in [-0.05, 0) is 53.6 Å². The van der Waals surface area contributed by atoms with Gasteiger partial charge in [-0.15, -0.1) is 0 Å². The van der Waals surface area contributed by atoms with Crippen LogP contribution >= 0.6 is 22.6 Å². The molecule has 0 aliphatic carbocycles. The zero-order valence-corrected chi connectivity index (χ0v) is 12.4. The zero-order valence-electron chi connectivity index (χ0n) is 10.2. The van der Waals surface area contributed by atoms with Gasteiger partial charge in [-0.25, -0.2) is 4.39 Å². The summed E-state index contributed by atoms with van der Waals surface area (Å²) in [6, 6.07) is 10.5. The van der Waals surface area contributed by atoms with Gasteiger partial charge in [-0.1, -0.05) is 35.9 Å². The fourth-order valence-electron chi connectivity index (χ4n) is 1.92. The molecule has 2 aromatic rings. The normalized spacial score (nSPS) is 12.5. The summed E-state index contributed by atoms with van der Waals surface area (Å²) in [7, 11) is 0. The largest absolute Gasteiger partial charge is 0.384 e. The van der Waals surface area contributed by atoms with Crippen molar-refractivity contribution in [1.29, 1.82) is 0 Å². The molecule has 0 bridgehead atoms. The second-order valence-electron chi connectivity index (χ2n) is 4.41. The molecule has 94 valence electrons. The molecule has 0 aliphatic rings. The fourth-order valence-corrected chi connectivity index (χ4v) is 2.58. The Hall–Kier alpha value is -0.940. The van der Waals surface area contributed by atoms with E-state index in [1.807, 2.05) is 32.0 Å². The highest BCUT2D eigenvalue weighted by Gasteiger charge is 2.18. The number of benzene rings is 2. The summed E-state index contributed by atoms with van der Waals surface area (Å²) in [4.78, 5) is 0. The molecule has 2 aromatic carbocycles. The lowest BCUT2D eigenvalue weighted by molar-refractivity contribution is 0.214. The Morgan fingerprint density at radius 1 is 1.11 bits per heavy atom. The van der Waals surface area contributed by atoms with Crippen molar-refractivity contribution in [3.63, 3.8) is 0 Å². The molecule has 0 aromatic heterocycles. The molecule has 0 radical (unpaired) electrons. The third-order valence-corrected chi connectivity index (χ3v) is 4.44. The molecule has 0 heterocycles. The molecule has 0 spiro atoms. The molecule has 0 saturated carbocycles. The summed E-state index contributed by atoms with van der Waals surface area (Å²) in [6.07, 6.45) is -0.920. The minimum absolute atomic E-state index is 0.332. The molecule has 0 saturated heterocycles. The lowest BCUT2D eigenvalue weighted by Crippen LogP contribution is -2.05. The molecule has 1 atom stereocenters. The zero-order chi connectivity index (χ0) is 13.3. The van der Waals surface area contributed by atoms with Crippen molar-refractivity contribution in [3.05, 3.63) is 68.0 Å². The lowest BCUT2D eigenvalue weighted by atomic mass is 9.98. The predicted octanol–water partition coefficient (Wildman–Crippen LogP) is 4.13. The van der Waals surface area contributed by atoms with Crippen LogP contribution in [0, 0.1) is 23.2 Å². The first-order valence-electron chi connectivity index (χ1n) is 5.70. The van der Waals surface area contributed by atoms with Gasteiger partial charge < -0.3 is 5.11 Å². The Morgan fingerprint density at radius 3 is 2.56 bits per heavy atom. The molecular formula is C15H14FIO. The van der Waals surface area contributed by atoms with E-state index in [4.69, 9.17) is 0 Å². The van der Waals surface area contributed by atoms with Gasteiger partial charge in [-0.3, -0.25) is 0 Å². The van der Waals surface area contributed by atoms with E-state index >= 15 is 0 Å². The van der Waals surface area contributed by atoms with Gasteiger partial charge >= 0.3 is 0 Å². The van der Waals surface area contributed by atoms with Crippen LogP contribution in [0.1, 0.15) is 28.4 Å². The summed E-state index contributed by atoms with van der Waals surface area (Å²) >= 11 is 2.18. The van der Waals surface area contributed by atoms with E-state index in [0.29, 0.717) is 5.56 Å². The molecule has 1 N–H and O–H groups in total. The van der Waals surface area contributed by atoms with Crippen LogP contribution in [0.3, 0.4) is 0 Å². The summed E-state index contributed by atoms with van der Waals surface area (Å²) in [5.74, 6) is -0.370. The molecule has 0 aliphatic heterocycles. The summed E-state index contributed by atoms with van der Waals surface area (Å²) in [5.41, 5.74) is 3.10. The number of aliphatic hydroxyl groups is 1. The van der Waals surface area contributed by atoms with Gasteiger partial charge in [-0.2, -0.15) is 0 Å². The van der Waals surface area contributed by atoms with E-state index in [2.05, 4.69) is 22.6 Å². The first-order valence-corrected chi connectivity index (χ1v) is 6.77. The standard InChI is InChI=1S/C15H14FIO/c1-9-6-7-13(16)12(8-9)15(18)11-5-3-4-10(2)14(11)17/h3-8,15,18H,1-2H3. The van der Waals surface area contributed by atoms with Crippen LogP contribution in [0.15, 0.2) is 36.4 Å². The second-order valence-corrected chi connectivity index (χ2v) is 5.48. The van der Waals surface area contributed by atoms with Crippen LogP contribution in [-0.2, 0) is 0 Å². The van der Waals surface area contributed by atoms with Crippen LogP contribution < -0.4 is 0 Å². The summed E-state index contributed by atoms with van der Waals surface area (Å²) < 4.78 is 14.8. The van der Waals surface area contributed by atoms with Gasteiger partial charge in [0, 0.05) is 9.13 Å². The van der Waals surface area contributed by atoms with E-state index in [1.54, 1.807) is 12.1 Å². The maximum absolute atomic E-state index is 13.8. The van der Waals surface area contributed by atoms with Crippen molar-refractivity contribution >= 4 is 22.6 Å². The van der Waals surface area contributed by atoms with Gasteiger partial charge in [0.05, 0.1) is 0 Å². The highest BCUT2D eigenvalue weighted by Crippen LogP contribution is 2.29. The Labute approximate surface area is 120 Å². The van der Waals surface area contributed by atoms with Crippen molar-refractivity contribution in [2.24, 2.45) is 0 Å². The fraction of sp³-hybridized carbons (Fsp3) is 0.200. The average molecular weight is 356 g/mol. The first-order chi connectivity index (χ1) is 8.50. The van der Waals surface area contributed by atoms with Crippen LogP contribution in [0.5, 0.6) is 0 Å². The van der Waals surface area contributed by atoms with Crippen LogP contribution in [0.4, 0.5) is 4.39 Å². The molecule has 18 heavy (non-hydrogen) atoms. The Bertz CT molecular complexity index is 579. The van der Waals surface area contributed by atoms with Gasteiger partial charge in [0.25, 0.3) is 0 Å². The molecule has 3 heteroatoms. The van der Waals surface area contributed by atoms with Crippen LogP contribution in [-0.4, -0.2) is 5.11 Å². The van der Waals surface area contributed by atoms with E-state index in [-0.39, 0.29) is 5.82 Å². The van der Waals surface area contributed by atoms with Crippen LogP contribution in [0.25, 0.3) is 0 Å². The number of rotatable bonds is 2. The molecular weight excluding hydrogens is 342 g/mol. The molecule has 0 fully saturated rings. The maximum Gasteiger partial charge on any atom is 0.129 e. The number of aliphatic hydroxyl groups excluding tert-OH is 1. The molecule has 2 rings (SSSR count). The van der Waals surface area contributed by atoms with E-state index in [0.717, 1.165) is 20.3 Å². The van der Waals surface area contributed by atoms with E-state index in [1.165, 1.54) is 6.07 Å². The Balaban J connectivity index is 2.51. The van der Waals surface area contributed by atoms with Gasteiger partial charge in [0.2, 0.25) is 0 Å². The Morgan fingerprint density at radius 2 is 1.83 bits per heavy atom. The monoisotopic (exact) mass is 356 g/mol. The smallest absolute Gasteiger partial charge is 0.129 e. The minimum atomic E-state index is -0.920. The van der Waals surface area contributed by atoms with Gasteiger partial charge in [0.15, 0.2) is 0 Å². The van der Waals surface area contributed by atoms with Crippen molar-refractivity contribution in [1.82, 2.24) is 0 Å². The lowest BCUT2D eigenvalue weighted by Gasteiger charge is -2.16.